The molecule has 148 valence electrons. The third-order valence-corrected chi connectivity index (χ3v) is 8.22. The first-order valence-electron chi connectivity index (χ1n) is 10.3. The van der Waals surface area contributed by atoms with E-state index in [0.29, 0.717) is 17.0 Å². The van der Waals surface area contributed by atoms with Gasteiger partial charge >= 0.3 is 0 Å². The normalized spacial score (nSPS) is 33.1. The molecule has 4 saturated carbocycles. The molecule has 0 aliphatic heterocycles. The van der Waals surface area contributed by atoms with Gasteiger partial charge in [-0.05, 0) is 79.9 Å². The van der Waals surface area contributed by atoms with E-state index in [1.54, 1.807) is 7.11 Å². The van der Waals surface area contributed by atoms with Crippen LogP contribution in [-0.4, -0.2) is 23.2 Å². The lowest BCUT2D eigenvalue weighted by molar-refractivity contribution is -0.143. The van der Waals surface area contributed by atoms with E-state index < -0.39 is 0 Å². The summed E-state index contributed by atoms with van der Waals surface area (Å²) < 4.78 is 5.35. The molecule has 1 aromatic heterocycles. The molecule has 4 bridgehead atoms. The summed E-state index contributed by atoms with van der Waals surface area (Å²) in [4.78, 5) is 13.4. The highest BCUT2D eigenvalue weighted by Gasteiger charge is 2.61. The molecule has 1 heterocycles. The van der Waals surface area contributed by atoms with Crippen LogP contribution in [0.4, 0.5) is 5.13 Å². The van der Waals surface area contributed by atoms with Crippen LogP contribution in [0.3, 0.4) is 0 Å². The summed E-state index contributed by atoms with van der Waals surface area (Å²) in [7, 11) is 1.70. The zero-order valence-corrected chi connectivity index (χ0v) is 17.3. The lowest BCUT2D eigenvalue weighted by Gasteiger charge is -2.61. The molecule has 6 heteroatoms. The largest absolute Gasteiger partial charge is 0.497 e. The van der Waals surface area contributed by atoms with Crippen LogP contribution in [0.1, 0.15) is 56.0 Å². The van der Waals surface area contributed by atoms with Crippen LogP contribution in [0.2, 0.25) is 0 Å². The summed E-state index contributed by atoms with van der Waals surface area (Å²) in [5.41, 5.74) is 1.25. The average molecular weight is 398 g/mol. The van der Waals surface area contributed by atoms with E-state index in [1.165, 1.54) is 36.2 Å². The number of anilines is 1. The molecule has 4 aliphatic rings. The molecule has 1 N–H and O–H groups in total. The second-order valence-electron chi connectivity index (χ2n) is 9.06. The molecule has 2 atom stereocenters. The van der Waals surface area contributed by atoms with E-state index in [2.05, 4.69) is 46.7 Å². The fourth-order valence-electron chi connectivity index (χ4n) is 6.49. The number of carbonyl (C=O) groups excluding carboxylic acids is 1. The number of amides is 1. The lowest BCUT2D eigenvalue weighted by Crippen LogP contribution is -2.57. The van der Waals surface area contributed by atoms with Crippen LogP contribution in [0, 0.1) is 17.3 Å². The van der Waals surface area contributed by atoms with Crippen LogP contribution in [0.25, 0.3) is 0 Å². The molecule has 2 unspecified atom stereocenters. The Hall–Kier alpha value is -1.95. The van der Waals surface area contributed by atoms with E-state index in [0.717, 1.165) is 36.4 Å². The van der Waals surface area contributed by atoms with E-state index in [-0.39, 0.29) is 16.7 Å². The first kappa shape index (κ1) is 18.1. The third kappa shape index (κ3) is 2.84. The molecule has 0 spiro atoms. The zero-order valence-electron chi connectivity index (χ0n) is 16.5. The highest BCUT2D eigenvalue weighted by Crippen LogP contribution is 2.66. The predicted octanol–water partition coefficient (Wildman–Crippen LogP) is 4.59. The van der Waals surface area contributed by atoms with Gasteiger partial charge in [-0.25, -0.2) is 0 Å². The maximum Gasteiger partial charge on any atom is 0.232 e. The average Bonchev–Trinajstić information content (AvgIpc) is 3.14. The van der Waals surface area contributed by atoms with Gasteiger partial charge in [-0.2, -0.15) is 0 Å². The van der Waals surface area contributed by atoms with Gasteiger partial charge in [-0.15, -0.1) is 10.2 Å². The minimum absolute atomic E-state index is 0.128. The zero-order chi connectivity index (χ0) is 19.4. The number of aryl methyl sites for hydroxylation is 1. The van der Waals surface area contributed by atoms with Gasteiger partial charge in [0.25, 0.3) is 0 Å². The van der Waals surface area contributed by atoms with Crippen molar-refractivity contribution in [3.63, 3.8) is 0 Å². The molecule has 2 aromatic rings. The van der Waals surface area contributed by atoms with Gasteiger partial charge in [-0.3, -0.25) is 4.79 Å². The quantitative estimate of drug-likeness (QED) is 0.802. The van der Waals surface area contributed by atoms with Crippen LogP contribution in [0.15, 0.2) is 24.3 Å². The Kier molecular flexibility index (Phi) is 4.23. The van der Waals surface area contributed by atoms with Crippen molar-refractivity contribution in [1.82, 2.24) is 10.2 Å². The second-order valence-corrected chi connectivity index (χ2v) is 10.1. The summed E-state index contributed by atoms with van der Waals surface area (Å²) in [6.45, 7) is 2.06. The Morgan fingerprint density at radius 3 is 2.50 bits per heavy atom. The number of methoxy groups -OCH3 is 1. The Balaban J connectivity index is 1.44. The van der Waals surface area contributed by atoms with Crippen LogP contribution in [-0.2, 0) is 16.6 Å². The van der Waals surface area contributed by atoms with Crippen molar-refractivity contribution < 1.29 is 9.53 Å². The number of nitrogens with zero attached hydrogens (tertiary/aromatic N) is 2. The molecule has 0 radical (unpaired) electrons. The van der Waals surface area contributed by atoms with Gasteiger partial charge in [0.05, 0.1) is 12.5 Å². The summed E-state index contributed by atoms with van der Waals surface area (Å²) in [6, 6.07) is 8.56. The van der Waals surface area contributed by atoms with Crippen LogP contribution < -0.4 is 10.1 Å². The summed E-state index contributed by atoms with van der Waals surface area (Å²) in [6.07, 6.45) is 7.55. The van der Waals surface area contributed by atoms with Crippen molar-refractivity contribution in [3.8, 4) is 5.75 Å². The molecule has 1 amide bonds. The number of rotatable bonds is 5. The van der Waals surface area contributed by atoms with E-state index >= 15 is 0 Å². The first-order valence-corrected chi connectivity index (χ1v) is 11.1. The number of nitrogens with one attached hydrogen (secondary N) is 1. The number of benzene rings is 1. The lowest BCUT2D eigenvalue weighted by atomic mass is 9.42. The molecule has 28 heavy (non-hydrogen) atoms. The van der Waals surface area contributed by atoms with Gasteiger partial charge in [0.15, 0.2) is 0 Å². The van der Waals surface area contributed by atoms with Gasteiger partial charge in [0.2, 0.25) is 11.0 Å². The fourth-order valence-corrected chi connectivity index (χ4v) is 7.16. The summed E-state index contributed by atoms with van der Waals surface area (Å²) in [5, 5.41) is 13.1. The second kappa shape index (κ2) is 6.55. The van der Waals surface area contributed by atoms with Gasteiger partial charge in [0, 0.05) is 0 Å². The van der Waals surface area contributed by atoms with Crippen molar-refractivity contribution in [2.75, 3.05) is 12.4 Å². The van der Waals surface area contributed by atoms with Crippen molar-refractivity contribution in [1.29, 1.82) is 0 Å². The number of aromatic nitrogens is 2. The Bertz CT molecular complexity index is 877. The smallest absolute Gasteiger partial charge is 0.232 e. The Labute approximate surface area is 169 Å². The number of ether oxygens (including phenoxy) is 1. The van der Waals surface area contributed by atoms with E-state index in [1.807, 2.05) is 0 Å². The Morgan fingerprint density at radius 2 is 1.89 bits per heavy atom. The van der Waals surface area contributed by atoms with Crippen LogP contribution in [0.5, 0.6) is 5.75 Å². The van der Waals surface area contributed by atoms with E-state index in [9.17, 15) is 4.79 Å². The molecule has 6 rings (SSSR count). The van der Waals surface area contributed by atoms with Crippen molar-refractivity contribution in [2.24, 2.45) is 17.3 Å². The Morgan fingerprint density at radius 1 is 1.18 bits per heavy atom. The topological polar surface area (TPSA) is 64.1 Å². The van der Waals surface area contributed by atoms with Gasteiger partial charge in [-0.1, -0.05) is 30.4 Å². The van der Waals surface area contributed by atoms with Crippen LogP contribution >= 0.6 is 11.3 Å². The third-order valence-electron chi connectivity index (χ3n) is 7.23. The molecular formula is C22H27N3O2S. The monoisotopic (exact) mass is 397 g/mol. The first-order chi connectivity index (χ1) is 13.5. The minimum Gasteiger partial charge on any atom is -0.497 e. The number of hydrogen-bond donors (Lipinski definition) is 1. The summed E-state index contributed by atoms with van der Waals surface area (Å²) in [5.74, 6) is 2.35. The molecule has 0 saturated heterocycles. The highest BCUT2D eigenvalue weighted by molar-refractivity contribution is 7.15. The number of hydrogen-bond acceptors (Lipinski definition) is 5. The molecule has 4 aliphatic carbocycles. The molecular weight excluding hydrogens is 370 g/mol. The molecule has 1 aromatic carbocycles. The SMILES string of the molecule is CCc1nnc(NC(=O)C23CC4CC(C2)CC(c2ccc(OC)cc2)(C4)C3)s1. The number of carbonyl (C=O) groups is 1. The summed E-state index contributed by atoms with van der Waals surface area (Å²) >= 11 is 1.50. The van der Waals surface area contributed by atoms with Gasteiger partial charge in [0.1, 0.15) is 10.8 Å². The molecule has 4 fully saturated rings. The van der Waals surface area contributed by atoms with Gasteiger partial charge < -0.3 is 10.1 Å². The van der Waals surface area contributed by atoms with Crippen molar-refractivity contribution in [2.45, 2.75) is 57.3 Å². The standard InChI is InChI=1S/C22H27N3O2S/c1-3-18-24-25-20(28-18)23-19(26)22-11-14-8-15(12-22)10-21(9-14,13-22)16-4-6-17(27-2)7-5-16/h4-7,14-15H,3,8-13H2,1-2H3,(H,23,25,26). The predicted molar refractivity (Wildman–Crippen MR) is 110 cm³/mol. The maximum absolute atomic E-state index is 13.4. The fraction of sp³-hybridized carbons (Fsp3) is 0.591. The van der Waals surface area contributed by atoms with E-state index in [4.69, 9.17) is 4.74 Å². The maximum atomic E-state index is 13.4. The highest BCUT2D eigenvalue weighted by atomic mass is 32.1. The minimum atomic E-state index is -0.262. The van der Waals surface area contributed by atoms with Crippen molar-refractivity contribution >= 4 is 22.4 Å². The molecule has 5 nitrogen and oxygen atoms in total. The van der Waals surface area contributed by atoms with Crippen molar-refractivity contribution in [3.05, 3.63) is 34.8 Å².